The Morgan fingerprint density at radius 1 is 1.57 bits per heavy atom. The van der Waals surface area contributed by atoms with Gasteiger partial charge in [-0.2, -0.15) is 0 Å². The molecule has 1 atom stereocenters. The number of rotatable bonds is 2. The van der Waals surface area contributed by atoms with E-state index in [0.29, 0.717) is 13.2 Å². The molecule has 2 N–H and O–H groups in total. The van der Waals surface area contributed by atoms with Crippen LogP contribution < -0.4 is 15.2 Å². The van der Waals surface area contributed by atoms with Crippen LogP contribution in [0.5, 0.6) is 11.5 Å². The Morgan fingerprint density at radius 2 is 2.36 bits per heavy atom. The molecule has 0 radical (unpaired) electrons. The maximum atomic E-state index is 5.88. The van der Waals surface area contributed by atoms with Gasteiger partial charge in [0, 0.05) is 5.56 Å². The van der Waals surface area contributed by atoms with Gasteiger partial charge in [0.25, 0.3) is 0 Å². The van der Waals surface area contributed by atoms with Crippen molar-refractivity contribution in [3.05, 3.63) is 23.3 Å². The maximum absolute atomic E-state index is 5.88. The smallest absolute Gasteiger partial charge is 0.124 e. The standard InChI is InChI=1S/C11H15NO2/c1-3-13-10-5-8-9(12)6-14-11(8)4-7(10)2/h4-5,9H,3,6,12H2,1-2H3. The van der Waals surface area contributed by atoms with E-state index in [2.05, 4.69) is 0 Å². The summed E-state index contributed by atoms with van der Waals surface area (Å²) >= 11 is 0. The molecule has 0 aromatic heterocycles. The molecule has 2 rings (SSSR count). The first-order chi connectivity index (χ1) is 6.72. The second-order valence-electron chi connectivity index (χ2n) is 3.51. The quantitative estimate of drug-likeness (QED) is 0.778. The van der Waals surface area contributed by atoms with Gasteiger partial charge < -0.3 is 15.2 Å². The normalized spacial score (nSPS) is 18.9. The Morgan fingerprint density at radius 3 is 3.07 bits per heavy atom. The predicted molar refractivity (Wildman–Crippen MR) is 54.8 cm³/mol. The van der Waals surface area contributed by atoms with Gasteiger partial charge in [-0.1, -0.05) is 0 Å². The van der Waals surface area contributed by atoms with Gasteiger partial charge in [-0.15, -0.1) is 0 Å². The van der Waals surface area contributed by atoms with Crippen molar-refractivity contribution in [3.8, 4) is 11.5 Å². The number of hydrogen-bond acceptors (Lipinski definition) is 3. The summed E-state index contributed by atoms with van der Waals surface area (Å²) in [7, 11) is 0. The van der Waals surface area contributed by atoms with E-state index >= 15 is 0 Å². The average Bonchev–Trinajstić information content (AvgIpc) is 2.49. The maximum Gasteiger partial charge on any atom is 0.124 e. The van der Waals surface area contributed by atoms with Crippen LogP contribution in [0.25, 0.3) is 0 Å². The molecular weight excluding hydrogens is 178 g/mol. The highest BCUT2D eigenvalue weighted by atomic mass is 16.5. The summed E-state index contributed by atoms with van der Waals surface area (Å²) in [6.07, 6.45) is 0. The molecule has 0 saturated heterocycles. The fourth-order valence-corrected chi connectivity index (χ4v) is 1.67. The highest BCUT2D eigenvalue weighted by molar-refractivity contribution is 5.49. The van der Waals surface area contributed by atoms with E-state index < -0.39 is 0 Å². The van der Waals surface area contributed by atoms with E-state index in [1.54, 1.807) is 0 Å². The van der Waals surface area contributed by atoms with Crippen LogP contribution in [0.2, 0.25) is 0 Å². The molecule has 0 aliphatic carbocycles. The number of nitrogens with two attached hydrogens (primary N) is 1. The highest BCUT2D eigenvalue weighted by Crippen LogP contribution is 2.36. The zero-order valence-electron chi connectivity index (χ0n) is 8.54. The van der Waals surface area contributed by atoms with Gasteiger partial charge in [0.1, 0.15) is 18.1 Å². The summed E-state index contributed by atoms with van der Waals surface area (Å²) in [6, 6.07) is 3.98. The van der Waals surface area contributed by atoms with Gasteiger partial charge in [-0.05, 0) is 31.5 Å². The van der Waals surface area contributed by atoms with Crippen molar-refractivity contribution in [1.82, 2.24) is 0 Å². The molecule has 0 fully saturated rings. The molecule has 3 nitrogen and oxygen atoms in total. The molecule has 14 heavy (non-hydrogen) atoms. The lowest BCUT2D eigenvalue weighted by Gasteiger charge is -2.09. The minimum Gasteiger partial charge on any atom is -0.494 e. The number of fused-ring (bicyclic) bond motifs is 1. The Balaban J connectivity index is 2.41. The second-order valence-corrected chi connectivity index (χ2v) is 3.51. The average molecular weight is 193 g/mol. The lowest BCUT2D eigenvalue weighted by molar-refractivity contribution is 0.331. The van der Waals surface area contributed by atoms with Gasteiger partial charge in [0.2, 0.25) is 0 Å². The van der Waals surface area contributed by atoms with Crippen molar-refractivity contribution in [3.63, 3.8) is 0 Å². The summed E-state index contributed by atoms with van der Waals surface area (Å²) in [5, 5.41) is 0. The minimum atomic E-state index is -0.00944. The second kappa shape index (κ2) is 3.50. The first-order valence-electron chi connectivity index (χ1n) is 4.88. The molecule has 0 saturated carbocycles. The topological polar surface area (TPSA) is 44.5 Å². The van der Waals surface area contributed by atoms with Crippen LogP contribution in [0.15, 0.2) is 12.1 Å². The zero-order chi connectivity index (χ0) is 10.1. The predicted octanol–water partition coefficient (Wildman–Crippen LogP) is 1.79. The van der Waals surface area contributed by atoms with E-state index in [1.807, 2.05) is 26.0 Å². The lowest BCUT2D eigenvalue weighted by Crippen LogP contribution is -2.10. The molecule has 1 aliphatic rings. The van der Waals surface area contributed by atoms with Crippen LogP contribution in [-0.2, 0) is 0 Å². The van der Waals surface area contributed by atoms with Gasteiger partial charge in [0.15, 0.2) is 0 Å². The summed E-state index contributed by atoms with van der Waals surface area (Å²) in [6.45, 7) is 5.24. The van der Waals surface area contributed by atoms with E-state index in [4.69, 9.17) is 15.2 Å². The van der Waals surface area contributed by atoms with Crippen molar-refractivity contribution in [2.75, 3.05) is 13.2 Å². The molecular formula is C11H15NO2. The third-order valence-corrected chi connectivity index (χ3v) is 2.43. The molecule has 1 aromatic rings. The third-order valence-electron chi connectivity index (χ3n) is 2.43. The van der Waals surface area contributed by atoms with Crippen LogP contribution in [-0.4, -0.2) is 13.2 Å². The summed E-state index contributed by atoms with van der Waals surface area (Å²) in [5.74, 6) is 1.81. The molecule has 76 valence electrons. The molecule has 0 spiro atoms. The fraction of sp³-hybridized carbons (Fsp3) is 0.455. The van der Waals surface area contributed by atoms with Crippen LogP contribution in [0.1, 0.15) is 24.1 Å². The number of aryl methyl sites for hydroxylation is 1. The summed E-state index contributed by atoms with van der Waals surface area (Å²) < 4.78 is 10.9. The summed E-state index contributed by atoms with van der Waals surface area (Å²) in [5.41, 5.74) is 8.03. The lowest BCUT2D eigenvalue weighted by atomic mass is 10.1. The SMILES string of the molecule is CCOc1cc2c(cc1C)OCC2N. The Bertz CT molecular complexity index is 349. The van der Waals surface area contributed by atoms with Crippen molar-refractivity contribution in [1.29, 1.82) is 0 Å². The molecule has 0 bridgehead atoms. The van der Waals surface area contributed by atoms with Gasteiger partial charge in [0.05, 0.1) is 12.6 Å². The van der Waals surface area contributed by atoms with E-state index in [0.717, 1.165) is 22.6 Å². The Labute approximate surface area is 83.8 Å². The fourth-order valence-electron chi connectivity index (χ4n) is 1.67. The van der Waals surface area contributed by atoms with Crippen molar-refractivity contribution in [2.24, 2.45) is 5.73 Å². The third kappa shape index (κ3) is 1.44. The Hall–Kier alpha value is -1.22. The molecule has 1 aromatic carbocycles. The first kappa shape index (κ1) is 9.34. The molecule has 1 unspecified atom stereocenters. The molecule has 1 aliphatic heterocycles. The van der Waals surface area contributed by atoms with Gasteiger partial charge >= 0.3 is 0 Å². The largest absolute Gasteiger partial charge is 0.494 e. The highest BCUT2D eigenvalue weighted by Gasteiger charge is 2.22. The number of hydrogen-bond donors (Lipinski definition) is 1. The van der Waals surface area contributed by atoms with Crippen molar-refractivity contribution >= 4 is 0 Å². The van der Waals surface area contributed by atoms with E-state index in [-0.39, 0.29) is 6.04 Å². The monoisotopic (exact) mass is 193 g/mol. The minimum absolute atomic E-state index is 0.00944. The van der Waals surface area contributed by atoms with E-state index in [9.17, 15) is 0 Å². The van der Waals surface area contributed by atoms with Gasteiger partial charge in [-0.25, -0.2) is 0 Å². The summed E-state index contributed by atoms with van der Waals surface area (Å²) in [4.78, 5) is 0. The van der Waals surface area contributed by atoms with Crippen LogP contribution in [0.3, 0.4) is 0 Å². The zero-order valence-corrected chi connectivity index (χ0v) is 8.54. The van der Waals surface area contributed by atoms with Crippen LogP contribution in [0, 0.1) is 6.92 Å². The van der Waals surface area contributed by atoms with Crippen molar-refractivity contribution in [2.45, 2.75) is 19.9 Å². The number of ether oxygens (including phenoxy) is 2. The first-order valence-corrected chi connectivity index (χ1v) is 4.88. The Kier molecular flexibility index (Phi) is 2.33. The number of benzene rings is 1. The van der Waals surface area contributed by atoms with E-state index in [1.165, 1.54) is 0 Å². The molecule has 3 heteroatoms. The molecule has 1 heterocycles. The van der Waals surface area contributed by atoms with Crippen LogP contribution in [0.4, 0.5) is 0 Å². The molecule has 0 amide bonds. The van der Waals surface area contributed by atoms with Crippen LogP contribution >= 0.6 is 0 Å². The van der Waals surface area contributed by atoms with Crippen molar-refractivity contribution < 1.29 is 9.47 Å². The van der Waals surface area contributed by atoms with Gasteiger partial charge in [-0.3, -0.25) is 0 Å².